The Kier molecular flexibility index (Phi) is 68.4. The largest absolute Gasteiger partial charge is 0.355 e. The predicted octanol–water partition coefficient (Wildman–Crippen LogP) is 1.27. The maximum Gasteiger partial charge on any atom is 0.243 e. The lowest BCUT2D eigenvalue weighted by Crippen LogP contribution is -2.61. The van der Waals surface area contributed by atoms with Crippen molar-refractivity contribution in [1.82, 2.24) is 90.5 Å². The summed E-state index contributed by atoms with van der Waals surface area (Å²) in [5.41, 5.74) is 44.3. The molecule has 42 nitrogen and oxygen atoms in total. The molecule has 0 radical (unpaired) electrons. The van der Waals surface area contributed by atoms with Crippen molar-refractivity contribution in [3.05, 3.63) is 35.9 Å². The molecule has 0 aliphatic rings. The van der Waals surface area contributed by atoms with Crippen LogP contribution >= 0.6 is 0 Å². The molecule has 0 spiro atoms. The van der Waals surface area contributed by atoms with Crippen molar-refractivity contribution in [1.29, 1.82) is 0 Å². The van der Waals surface area contributed by atoms with Crippen molar-refractivity contribution in [2.75, 3.05) is 52.4 Å². The van der Waals surface area contributed by atoms with Gasteiger partial charge in [0.15, 0.2) is 0 Å². The van der Waals surface area contributed by atoms with Gasteiger partial charge in [-0.25, -0.2) is 5.84 Å². The van der Waals surface area contributed by atoms with Gasteiger partial charge >= 0.3 is 0 Å². The number of nitrogens with two attached hydrogens (primary N) is 8. The van der Waals surface area contributed by atoms with Gasteiger partial charge in [0.25, 0.3) is 0 Å². The van der Waals surface area contributed by atoms with Gasteiger partial charge in [0.05, 0.1) is 12.6 Å². The van der Waals surface area contributed by atoms with E-state index in [2.05, 4.69) is 90.5 Å². The first-order chi connectivity index (χ1) is 67.7. The number of carbonyl (C=O) groups is 17. The van der Waals surface area contributed by atoms with Gasteiger partial charge in [-0.15, -0.1) is 0 Å². The van der Waals surface area contributed by atoms with E-state index in [1.54, 1.807) is 30.3 Å². The fourth-order valence-corrected chi connectivity index (χ4v) is 16.2. The van der Waals surface area contributed by atoms with Crippen LogP contribution in [0.3, 0.4) is 0 Å². The van der Waals surface area contributed by atoms with Crippen LogP contribution < -0.4 is 136 Å². The molecule has 0 heterocycles. The Hall–Kier alpha value is -10.1. The molecule has 0 aliphatic heterocycles. The highest BCUT2D eigenvalue weighted by atomic mass is 16.2. The zero-order valence-electron chi connectivity index (χ0n) is 88.8. The second-order valence-corrected chi connectivity index (χ2v) is 41.3. The monoisotopic (exact) mass is 2020 g/mol. The highest BCUT2D eigenvalue weighted by molar-refractivity contribution is 6.01. The van der Waals surface area contributed by atoms with E-state index in [-0.39, 0.29) is 176 Å². The van der Waals surface area contributed by atoms with Gasteiger partial charge < -0.3 is 125 Å². The molecule has 33 N–H and O–H groups in total. The van der Waals surface area contributed by atoms with Gasteiger partial charge in [0.1, 0.15) is 84.6 Å². The van der Waals surface area contributed by atoms with E-state index >= 15 is 24.0 Å². The number of rotatable bonds is 79. The van der Waals surface area contributed by atoms with Gasteiger partial charge in [-0.05, 0) is 272 Å². The number of benzene rings is 1. The molecule has 0 aliphatic carbocycles. The third kappa shape index (κ3) is 58.0. The van der Waals surface area contributed by atoms with E-state index in [0.29, 0.717) is 128 Å². The van der Waals surface area contributed by atoms with Crippen molar-refractivity contribution < 1.29 is 81.5 Å². The average molecular weight is 2020 g/mol. The lowest BCUT2D eigenvalue weighted by atomic mass is 9.98. The van der Waals surface area contributed by atoms with Crippen molar-refractivity contribution in [2.24, 2.45) is 93.3 Å². The van der Waals surface area contributed by atoms with Crippen LogP contribution in [0, 0.1) is 47.3 Å². The fraction of sp³-hybridized carbons (Fsp3) is 0.772. The number of carbonyl (C=O) groups excluding carboxylic acids is 17. The molecule has 1 aromatic rings. The van der Waals surface area contributed by atoms with E-state index in [4.69, 9.17) is 46.0 Å². The minimum atomic E-state index is -1.42. The number of nitrogens with one attached hydrogen (secondary N) is 17. The predicted molar refractivity (Wildman–Crippen MR) is 555 cm³/mol. The molecule has 0 saturated heterocycles. The normalized spacial score (nSPS) is 14.7. The Balaban J connectivity index is 3.85. The maximum absolute atomic E-state index is 15.2. The van der Waals surface area contributed by atoms with Crippen molar-refractivity contribution in [3.8, 4) is 0 Å². The number of hydrogen-bond acceptors (Lipinski definition) is 25. The van der Waals surface area contributed by atoms with E-state index in [0.717, 1.165) is 0 Å². The van der Waals surface area contributed by atoms with E-state index < -0.39 is 192 Å². The molecule has 1 aromatic carbocycles. The van der Waals surface area contributed by atoms with Crippen LogP contribution in [0.15, 0.2) is 30.3 Å². The summed E-state index contributed by atoms with van der Waals surface area (Å²) in [6.45, 7) is 31.0. The summed E-state index contributed by atoms with van der Waals surface area (Å²) in [6.07, 6.45) is 8.35. The first-order valence-electron chi connectivity index (χ1n) is 52.5. The number of hydrogen-bond donors (Lipinski definition) is 25. The minimum absolute atomic E-state index is 0.00323. The van der Waals surface area contributed by atoms with Crippen LogP contribution in [0.4, 0.5) is 0 Å². The summed E-state index contributed by atoms with van der Waals surface area (Å²) in [7, 11) is 0. The van der Waals surface area contributed by atoms with Crippen LogP contribution in [0.1, 0.15) is 309 Å². The number of hydrazine groups is 1. The zero-order chi connectivity index (χ0) is 108. The summed E-state index contributed by atoms with van der Waals surface area (Å²) in [4.78, 5) is 244. The fourth-order valence-electron chi connectivity index (χ4n) is 16.2. The van der Waals surface area contributed by atoms with Gasteiger partial charge in [0, 0.05) is 19.4 Å². The van der Waals surface area contributed by atoms with Gasteiger partial charge in [-0.2, -0.15) is 0 Å². The molecular weight excluding hydrogens is 1840 g/mol. The van der Waals surface area contributed by atoms with Gasteiger partial charge in [0.2, 0.25) is 100 Å². The van der Waals surface area contributed by atoms with E-state index in [1.807, 2.05) is 111 Å². The van der Waals surface area contributed by atoms with Crippen molar-refractivity contribution in [3.63, 3.8) is 0 Å². The van der Waals surface area contributed by atoms with Crippen LogP contribution in [0.2, 0.25) is 0 Å². The van der Waals surface area contributed by atoms with Crippen molar-refractivity contribution in [2.45, 2.75) is 400 Å². The molecule has 0 aromatic heterocycles. The van der Waals surface area contributed by atoms with Gasteiger partial charge in [-0.1, -0.05) is 148 Å². The lowest BCUT2D eigenvalue weighted by Gasteiger charge is -2.30. The highest BCUT2D eigenvalue weighted by Gasteiger charge is 2.40. The smallest absolute Gasteiger partial charge is 0.243 e. The quantitative estimate of drug-likeness (QED) is 0.0189. The molecule has 143 heavy (non-hydrogen) atoms. The summed E-state index contributed by atoms with van der Waals surface area (Å²) < 4.78 is 0. The summed E-state index contributed by atoms with van der Waals surface area (Å²) in [5.74, 6) is -8.06. The molecule has 0 saturated carbocycles. The van der Waals surface area contributed by atoms with E-state index in [1.165, 1.54) is 0 Å². The molecule has 0 bridgehead atoms. The minimum Gasteiger partial charge on any atom is -0.355 e. The molecule has 17 amide bonds. The molecule has 42 heteroatoms. The molecule has 0 fully saturated rings. The Labute approximate surface area is 850 Å². The highest BCUT2D eigenvalue weighted by Crippen LogP contribution is 2.20. The van der Waals surface area contributed by atoms with Crippen molar-refractivity contribution >= 4 is 100 Å². The SMILES string of the molecule is CC(C)C[C@H](NC(=O)[C@H](CCCCN)NC(=O)[C@H](CC(C)C)NC(=O)[C@H](CC(C)C)NC(=O)[C@H](Cc1ccccc1)NC(=O)[C@H](CCCCN)NC(=O)[C@H](CC(C)C)NC(=O)[C@H](CC(C)C)NC(=O)[C@H](CCCCN)NC(=O)[C@H](CC(C)C)NC(=O)[C@H](CC(C)C)NC(=O)[C@H](CCCCN)NC(=O)[C@H](CCCCN)NC(=O)[C@@H](N)CC(C)C)C(=O)N[C@@H](CCCCN)C(=O)NCC(=O)NCCCCCC(=O)NN. The third-order valence-corrected chi connectivity index (χ3v) is 23.8. The Morgan fingerprint density at radius 3 is 0.685 bits per heavy atom. The second-order valence-electron chi connectivity index (χ2n) is 41.3. The maximum atomic E-state index is 15.2. The van der Waals surface area contributed by atoms with Crippen LogP contribution in [-0.2, 0) is 87.9 Å². The Morgan fingerprint density at radius 1 is 0.231 bits per heavy atom. The third-order valence-electron chi connectivity index (χ3n) is 23.8. The molecule has 0 unspecified atom stereocenters. The second kappa shape index (κ2) is 74.7. The first kappa shape index (κ1) is 131. The summed E-state index contributed by atoms with van der Waals surface area (Å²) in [6, 6.07) is -10.0. The first-order valence-corrected chi connectivity index (χ1v) is 52.5. The van der Waals surface area contributed by atoms with Crippen LogP contribution in [0.5, 0.6) is 0 Å². The molecule has 818 valence electrons. The average Bonchev–Trinajstić information content (AvgIpc) is 0.851. The topological polar surface area (TPSA) is 703 Å². The Morgan fingerprint density at radius 2 is 0.448 bits per heavy atom. The lowest BCUT2D eigenvalue weighted by molar-refractivity contribution is -0.137. The van der Waals surface area contributed by atoms with Crippen LogP contribution in [-0.4, -0.2) is 243 Å². The zero-order valence-corrected chi connectivity index (χ0v) is 88.8. The number of amides is 17. The number of unbranched alkanes of at least 4 members (excludes halogenated alkanes) is 8. The molecule has 1 rings (SSSR count). The summed E-state index contributed by atoms with van der Waals surface area (Å²) >= 11 is 0. The van der Waals surface area contributed by atoms with Gasteiger partial charge in [-0.3, -0.25) is 86.9 Å². The Bertz CT molecular complexity index is 3960. The van der Waals surface area contributed by atoms with E-state index in [9.17, 15) is 57.5 Å². The molecular formula is C101H187N25O17. The molecule has 15 atom stereocenters. The summed E-state index contributed by atoms with van der Waals surface area (Å²) in [5, 5.41) is 45.0. The standard InChI is InChI=1S/C101H187N25O17/c1-61(2)51-70(108)87(129)112-72(38-23-29-45-103)89(131)114-73(39-24-30-46-104)90(132)119-81(56-66(11)12)98(140)121-78(53-63(5)6)95(137)116-75(41-26-32-48-106)92(134)120-82(57-67(13)14)99(141)122-79(54-64(7)8)97(139)117-76(42-27-33-49-107)93(135)125-84(59-69-35-19-17-20-36-69)101(143)124-83(58-68(15)16)100(142)123-80(55-65(9)10)96(138)115-74(40-25-31-47-105)91(133)118-77(52-62(3)4)94(136)113-71(37-22-28-44-102)88(130)111-60-86(128)110-50-34-18-21-43-85(127)126-109/h17,19-20,35-36,61-68,70-84H,18,21-34,37-60,102-109H2,1-16H3,(H,110,128)(H,111,130)(H,112,129)(H,113,136)(H,114,131)(H,115,138)(H,116,137)(H,117,139)(H,118,133)(H,119,132)(H,120,134)(H,121,140)(H,122,141)(H,123,142)(H,124,143)(H,125,135)(H,126,127)/t70-,71-,72-,73-,74-,75-,76-,77-,78-,79-,80-,81-,82-,83-,84-/m0/s1. The van der Waals surface area contributed by atoms with Crippen LogP contribution in [0.25, 0.3) is 0 Å².